The van der Waals surface area contributed by atoms with Crippen LogP contribution in [0.5, 0.6) is 0 Å². The number of aliphatic carboxylic acids is 1. The Kier molecular flexibility index (Phi) is 9.42. The molecule has 0 bridgehead atoms. The van der Waals surface area contributed by atoms with Gasteiger partial charge in [0, 0.05) is 5.57 Å². The van der Waals surface area contributed by atoms with E-state index in [4.69, 9.17) is 27.6 Å². The fourth-order valence-electron chi connectivity index (χ4n) is 0. The Morgan fingerprint density at radius 3 is 1.70 bits per heavy atom. The van der Waals surface area contributed by atoms with Crippen LogP contribution in [0.2, 0.25) is 0 Å². The highest BCUT2D eigenvalue weighted by atomic mass is 35.9. The number of hydrogen-bond acceptors (Lipinski definition) is 1. The molecule has 0 saturated carbocycles. The van der Waals surface area contributed by atoms with Crippen molar-refractivity contribution in [2.24, 2.45) is 0 Å². The van der Waals surface area contributed by atoms with Crippen LogP contribution in [0.25, 0.3) is 0 Å². The highest BCUT2D eigenvalue weighted by molar-refractivity contribution is 8.03. The van der Waals surface area contributed by atoms with Gasteiger partial charge in [0.2, 0.25) is 0 Å². The molecule has 0 atom stereocenters. The van der Waals surface area contributed by atoms with Crippen LogP contribution in [0.3, 0.4) is 0 Å². The molecular formula is C5H9Cl2O2P. The molecule has 60 valence electrons. The van der Waals surface area contributed by atoms with Crippen LogP contribution in [-0.2, 0) is 4.79 Å². The molecule has 0 aliphatic rings. The molecule has 0 aromatic heterocycles. The maximum atomic E-state index is 9.60. The first-order chi connectivity index (χ1) is 4.37. The van der Waals surface area contributed by atoms with Gasteiger partial charge in [-0.1, -0.05) is 29.1 Å². The lowest BCUT2D eigenvalue weighted by Gasteiger charge is -1.79. The summed E-state index contributed by atoms with van der Waals surface area (Å²) in [5.41, 5.74) is 0.176. The zero-order valence-electron chi connectivity index (χ0n) is 5.77. The van der Waals surface area contributed by atoms with Crippen molar-refractivity contribution in [3.05, 3.63) is 12.2 Å². The van der Waals surface area contributed by atoms with E-state index in [9.17, 15) is 4.79 Å². The molecule has 0 aromatic carbocycles. The normalized spacial score (nSPS) is 8.10. The van der Waals surface area contributed by atoms with Crippen LogP contribution >= 0.6 is 29.1 Å². The van der Waals surface area contributed by atoms with Crippen molar-refractivity contribution in [1.82, 2.24) is 0 Å². The average Bonchev–Trinajstić information content (AvgIpc) is 1.63. The van der Waals surface area contributed by atoms with Gasteiger partial charge in [0.25, 0.3) is 0 Å². The second-order valence-corrected chi connectivity index (χ2v) is 5.85. The summed E-state index contributed by atoms with van der Waals surface area (Å²) in [7, 11) is 0. The lowest BCUT2D eigenvalue weighted by molar-refractivity contribution is -0.132. The van der Waals surface area contributed by atoms with Gasteiger partial charge in [0.1, 0.15) is 0 Å². The molecule has 2 nitrogen and oxygen atoms in total. The van der Waals surface area contributed by atoms with Crippen molar-refractivity contribution < 1.29 is 9.90 Å². The Labute approximate surface area is 71.2 Å². The summed E-state index contributed by atoms with van der Waals surface area (Å²) in [5, 5.41) is 7.89. The van der Waals surface area contributed by atoms with Gasteiger partial charge in [-0.2, -0.15) is 0 Å². The van der Waals surface area contributed by atoms with Crippen molar-refractivity contribution in [2.45, 2.75) is 6.92 Å². The largest absolute Gasteiger partial charge is 0.478 e. The molecule has 1 N–H and O–H groups in total. The third-order valence-electron chi connectivity index (χ3n) is 0.365. The lowest BCUT2D eigenvalue weighted by Crippen LogP contribution is -1.92. The summed E-state index contributed by atoms with van der Waals surface area (Å²) in [6.07, 6.45) is 0. The third kappa shape index (κ3) is 24.1. The minimum Gasteiger partial charge on any atom is -0.478 e. The van der Waals surface area contributed by atoms with Crippen molar-refractivity contribution in [1.29, 1.82) is 0 Å². The van der Waals surface area contributed by atoms with E-state index in [0.29, 0.717) is 0 Å². The van der Waals surface area contributed by atoms with Crippen LogP contribution in [0, 0.1) is 0 Å². The van der Waals surface area contributed by atoms with Crippen LogP contribution < -0.4 is 0 Å². The topological polar surface area (TPSA) is 37.3 Å². The minimum atomic E-state index is -0.935. The molecule has 0 saturated heterocycles. The van der Waals surface area contributed by atoms with Gasteiger partial charge < -0.3 is 5.11 Å². The number of carbonyl (C=O) groups is 1. The van der Waals surface area contributed by atoms with Crippen LogP contribution in [-0.4, -0.2) is 17.7 Å². The van der Waals surface area contributed by atoms with Gasteiger partial charge in [-0.05, 0) is 13.6 Å². The zero-order chi connectivity index (χ0) is 8.73. The Hall–Kier alpha value is 0.220. The third-order valence-corrected chi connectivity index (χ3v) is 0.365. The summed E-state index contributed by atoms with van der Waals surface area (Å²) in [4.78, 5) is 9.60. The van der Waals surface area contributed by atoms with Crippen molar-refractivity contribution in [2.75, 3.05) is 6.66 Å². The lowest BCUT2D eigenvalue weighted by atomic mass is 10.4. The van der Waals surface area contributed by atoms with Crippen LogP contribution in [0.15, 0.2) is 12.2 Å². The molecule has 10 heavy (non-hydrogen) atoms. The number of carboxylic acid groups (broad SMARTS) is 1. The molecular weight excluding hydrogens is 194 g/mol. The Balaban J connectivity index is 0. The summed E-state index contributed by atoms with van der Waals surface area (Å²) in [6.45, 7) is 5.69. The summed E-state index contributed by atoms with van der Waals surface area (Å²) in [5.74, 6) is -0.935. The standard InChI is InChI=1S/C4H6O2.CH3Cl2P/c1-3(2)4(5)6;1-4(2)3/h1H2,2H3,(H,5,6);1H3. The van der Waals surface area contributed by atoms with Crippen LogP contribution in [0.1, 0.15) is 6.92 Å². The van der Waals surface area contributed by atoms with E-state index in [2.05, 4.69) is 6.58 Å². The number of hydrogen-bond donors (Lipinski definition) is 1. The number of halogens is 2. The molecule has 0 spiro atoms. The first kappa shape index (κ1) is 12.9. The molecule has 0 heterocycles. The van der Waals surface area contributed by atoms with E-state index in [1.165, 1.54) is 6.92 Å². The summed E-state index contributed by atoms with van der Waals surface area (Å²) in [6, 6.07) is 0. The second kappa shape index (κ2) is 7.33. The fraction of sp³-hybridized carbons (Fsp3) is 0.400. The zero-order valence-corrected chi connectivity index (χ0v) is 8.17. The maximum absolute atomic E-state index is 9.60. The fourth-order valence-corrected chi connectivity index (χ4v) is 0. The molecule has 0 aromatic rings. The first-order valence-corrected chi connectivity index (χ1v) is 5.92. The number of rotatable bonds is 1. The molecule has 0 rings (SSSR count). The average molecular weight is 203 g/mol. The first-order valence-electron chi connectivity index (χ1n) is 2.32. The Morgan fingerprint density at radius 1 is 1.60 bits per heavy atom. The molecule has 5 heteroatoms. The highest BCUT2D eigenvalue weighted by Crippen LogP contribution is 2.41. The van der Waals surface area contributed by atoms with E-state index in [0.717, 1.165) is 0 Å². The monoisotopic (exact) mass is 202 g/mol. The predicted molar refractivity (Wildman–Crippen MR) is 47.0 cm³/mol. The van der Waals surface area contributed by atoms with Gasteiger partial charge in [-0.25, -0.2) is 4.79 Å². The summed E-state index contributed by atoms with van der Waals surface area (Å²) < 4.78 is 0. The highest BCUT2D eigenvalue weighted by Gasteiger charge is 1.90. The molecule has 0 aliphatic carbocycles. The molecule has 0 aliphatic heterocycles. The maximum Gasteiger partial charge on any atom is 0.330 e. The van der Waals surface area contributed by atoms with E-state index >= 15 is 0 Å². The quantitative estimate of drug-likeness (QED) is 0.525. The van der Waals surface area contributed by atoms with Gasteiger partial charge in [0.15, 0.2) is 0 Å². The Bertz CT molecular complexity index is 110. The van der Waals surface area contributed by atoms with Crippen molar-refractivity contribution >= 4 is 35.1 Å². The smallest absolute Gasteiger partial charge is 0.330 e. The second-order valence-electron chi connectivity index (χ2n) is 1.49. The molecule has 0 unspecified atom stereocenters. The minimum absolute atomic E-state index is 0.176. The van der Waals surface area contributed by atoms with E-state index in [-0.39, 0.29) is 5.57 Å². The predicted octanol–water partition coefficient (Wildman–Crippen LogP) is 3.05. The molecule has 0 radical (unpaired) electrons. The summed E-state index contributed by atoms with van der Waals surface area (Å²) >= 11 is 10.2. The van der Waals surface area contributed by atoms with Gasteiger partial charge >= 0.3 is 5.97 Å². The number of carboxylic acids is 1. The van der Waals surface area contributed by atoms with Gasteiger partial charge in [-0.15, -0.1) is 0 Å². The SMILES string of the molecule is C=C(C)C(=O)O.CP(Cl)Cl. The Morgan fingerprint density at radius 2 is 1.70 bits per heavy atom. The van der Waals surface area contributed by atoms with Gasteiger partial charge in [0.05, 0.1) is 6.63 Å². The van der Waals surface area contributed by atoms with Gasteiger partial charge in [-0.3, -0.25) is 0 Å². The van der Waals surface area contributed by atoms with Crippen molar-refractivity contribution in [3.8, 4) is 0 Å². The van der Waals surface area contributed by atoms with E-state index in [1.807, 2.05) is 0 Å². The van der Waals surface area contributed by atoms with Crippen molar-refractivity contribution in [3.63, 3.8) is 0 Å². The van der Waals surface area contributed by atoms with E-state index < -0.39 is 12.6 Å². The van der Waals surface area contributed by atoms with E-state index in [1.54, 1.807) is 6.66 Å². The molecule has 0 fully saturated rings. The van der Waals surface area contributed by atoms with Crippen LogP contribution in [0.4, 0.5) is 0 Å². The molecule has 0 amide bonds.